The van der Waals surface area contributed by atoms with Crippen LogP contribution in [0.3, 0.4) is 0 Å². The summed E-state index contributed by atoms with van der Waals surface area (Å²) in [6.45, 7) is 4.00. The van der Waals surface area contributed by atoms with E-state index in [2.05, 4.69) is 24.8 Å². The van der Waals surface area contributed by atoms with Gasteiger partial charge in [-0.2, -0.15) is 12.6 Å². The summed E-state index contributed by atoms with van der Waals surface area (Å²) >= 11 is 4.08. The Balaban J connectivity index is 0. The van der Waals surface area contributed by atoms with Crippen molar-refractivity contribution >= 4 is 18.3 Å². The van der Waals surface area contributed by atoms with Gasteiger partial charge in [-0.25, -0.2) is 0 Å². The molecule has 3 heteroatoms. The fourth-order valence-corrected chi connectivity index (χ4v) is 1.03. The van der Waals surface area contributed by atoms with Crippen LogP contribution in [0.2, 0.25) is 0 Å². The molecule has 0 aliphatic rings. The van der Waals surface area contributed by atoms with Crippen LogP contribution >= 0.6 is 12.6 Å². The maximum atomic E-state index is 5.65. The van der Waals surface area contributed by atoms with Gasteiger partial charge in [-0.1, -0.05) is 44.2 Å². The summed E-state index contributed by atoms with van der Waals surface area (Å²) in [5.41, 5.74) is 2.17. The van der Waals surface area contributed by atoms with E-state index in [0.717, 1.165) is 12.1 Å². The Hall–Kier alpha value is -0.0300. The van der Waals surface area contributed by atoms with E-state index < -0.39 is 0 Å². The van der Waals surface area contributed by atoms with E-state index in [1.165, 1.54) is 5.56 Å². The molecule has 1 rings (SSSR count). The van der Waals surface area contributed by atoms with Gasteiger partial charge in [-0.3, -0.25) is 5.41 Å². The number of hydrogen-bond acceptors (Lipinski definition) is 1. The molecule has 0 saturated heterocycles. The van der Waals surface area contributed by atoms with E-state index in [9.17, 15) is 0 Å². The van der Waals surface area contributed by atoms with Gasteiger partial charge in [0.25, 0.3) is 0 Å². The third-order valence-corrected chi connectivity index (χ3v) is 1.88. The summed E-state index contributed by atoms with van der Waals surface area (Å²) in [5, 5.41) is 5.65. The minimum Gasteiger partial charge on any atom is -1.00 e. The Morgan fingerprint density at radius 1 is 1.21 bits per heavy atom. The van der Waals surface area contributed by atoms with Gasteiger partial charge in [-0.15, -0.1) is 0 Å². The van der Waals surface area contributed by atoms with Crippen LogP contribution in [0, 0.1) is 0 Å². The highest BCUT2D eigenvalue weighted by molar-refractivity contribution is 7.81. The van der Waals surface area contributed by atoms with Gasteiger partial charge in [0.15, 0.2) is 5.71 Å². The lowest BCUT2D eigenvalue weighted by atomic mass is 10.1. The summed E-state index contributed by atoms with van der Waals surface area (Å²) in [7, 11) is 0. The summed E-state index contributed by atoms with van der Waals surface area (Å²) in [5.74, 6) is 0.662. The fourth-order valence-electron chi connectivity index (χ4n) is 0.914. The minimum atomic E-state index is 0. The number of rotatable bonds is 3. The molecule has 0 spiro atoms. The average Bonchev–Trinajstić information content (AvgIpc) is 2.22. The molecule has 0 aliphatic heterocycles. The minimum absolute atomic E-state index is 0. The van der Waals surface area contributed by atoms with Crippen molar-refractivity contribution < 1.29 is 29.4 Å². The van der Waals surface area contributed by atoms with Crippen molar-refractivity contribution in [2.45, 2.75) is 20.3 Å². The van der Waals surface area contributed by atoms with Crippen molar-refractivity contribution in [3.8, 4) is 0 Å². The molecule has 0 heterocycles. The van der Waals surface area contributed by atoms with Gasteiger partial charge in [0.2, 0.25) is 0 Å². The van der Waals surface area contributed by atoms with Gasteiger partial charge in [-0.05, 0) is 5.56 Å². The van der Waals surface area contributed by atoms with Gasteiger partial charge in [0.05, 0.1) is 12.2 Å². The second-order valence-corrected chi connectivity index (χ2v) is 2.79. The molecule has 0 saturated carbocycles. The maximum Gasteiger partial charge on any atom is 0.163 e. The lowest BCUT2D eigenvalue weighted by Gasteiger charge is -1.95. The van der Waals surface area contributed by atoms with Crippen molar-refractivity contribution in [1.82, 2.24) is 0 Å². The molecule has 1 nitrogen and oxygen atoms in total. The Morgan fingerprint density at radius 3 is 2.14 bits per heavy atom. The molecular formula is C11H18INS. The summed E-state index contributed by atoms with van der Waals surface area (Å²) < 4.78 is 0. The van der Waals surface area contributed by atoms with Crippen molar-refractivity contribution in [2.24, 2.45) is 0 Å². The molecule has 0 unspecified atom stereocenters. The predicted molar refractivity (Wildman–Crippen MR) is 62.3 cm³/mol. The van der Waals surface area contributed by atoms with Crippen molar-refractivity contribution in [2.75, 3.05) is 5.75 Å². The molecule has 0 fully saturated rings. The van der Waals surface area contributed by atoms with Crippen LogP contribution in [0.5, 0.6) is 0 Å². The molecule has 0 bridgehead atoms. The van der Waals surface area contributed by atoms with Crippen LogP contribution in [0.15, 0.2) is 30.3 Å². The monoisotopic (exact) mass is 323 g/mol. The SMILES string of the molecule is CC.[I-].[NH2+]=C(CS)Cc1ccccc1. The van der Waals surface area contributed by atoms with Crippen LogP contribution in [0.25, 0.3) is 0 Å². The van der Waals surface area contributed by atoms with E-state index >= 15 is 0 Å². The smallest absolute Gasteiger partial charge is 0.163 e. The van der Waals surface area contributed by atoms with Gasteiger partial charge in [0.1, 0.15) is 0 Å². The van der Waals surface area contributed by atoms with Crippen LogP contribution in [0.4, 0.5) is 0 Å². The first-order chi connectivity index (χ1) is 6.33. The van der Waals surface area contributed by atoms with Crippen LogP contribution < -0.4 is 29.4 Å². The molecule has 0 aliphatic carbocycles. The predicted octanol–water partition coefficient (Wildman–Crippen LogP) is -1.61. The Kier molecular flexibility index (Phi) is 12.9. The largest absolute Gasteiger partial charge is 1.00 e. The standard InChI is InChI=1S/C9H11NS.C2H6.HI/c10-9(7-11)6-8-4-2-1-3-5-8;1-2;/h1-5,10-11H,6-7H2;1-2H3;1H. The molecule has 1 aromatic carbocycles. The molecule has 2 N–H and O–H groups in total. The molecule has 1 aromatic rings. The van der Waals surface area contributed by atoms with E-state index in [-0.39, 0.29) is 24.0 Å². The van der Waals surface area contributed by atoms with Crippen molar-refractivity contribution in [3.05, 3.63) is 35.9 Å². The molecular weight excluding hydrogens is 305 g/mol. The molecule has 14 heavy (non-hydrogen) atoms. The zero-order valence-corrected chi connectivity index (χ0v) is 11.8. The average molecular weight is 323 g/mol. The number of thiol groups is 1. The zero-order chi connectivity index (χ0) is 10.1. The summed E-state index contributed by atoms with van der Waals surface area (Å²) in [6, 6.07) is 10.2. The third kappa shape index (κ3) is 7.38. The molecule has 0 radical (unpaired) electrons. The van der Waals surface area contributed by atoms with Gasteiger partial charge < -0.3 is 24.0 Å². The number of hydrogen-bond donors (Lipinski definition) is 2. The van der Waals surface area contributed by atoms with Crippen LogP contribution in [-0.4, -0.2) is 11.5 Å². The fraction of sp³-hybridized carbons (Fsp3) is 0.364. The summed E-state index contributed by atoms with van der Waals surface area (Å²) in [6.07, 6.45) is 0.838. The summed E-state index contributed by atoms with van der Waals surface area (Å²) in [4.78, 5) is 0. The van der Waals surface area contributed by atoms with E-state index in [4.69, 9.17) is 5.41 Å². The zero-order valence-electron chi connectivity index (χ0n) is 8.70. The van der Waals surface area contributed by atoms with Crippen LogP contribution in [-0.2, 0) is 6.42 Å². The lowest BCUT2D eigenvalue weighted by molar-refractivity contribution is -0.115. The highest BCUT2D eigenvalue weighted by Gasteiger charge is 2.00. The second kappa shape index (κ2) is 11.0. The van der Waals surface area contributed by atoms with Gasteiger partial charge >= 0.3 is 0 Å². The van der Waals surface area contributed by atoms with E-state index in [0.29, 0.717) is 5.75 Å². The quantitative estimate of drug-likeness (QED) is 0.380. The topological polar surface area (TPSA) is 25.6 Å². The Bertz CT molecular complexity index is 236. The van der Waals surface area contributed by atoms with Gasteiger partial charge in [0, 0.05) is 0 Å². The number of benzene rings is 1. The maximum absolute atomic E-state index is 5.65. The molecule has 0 aromatic heterocycles. The number of halogens is 1. The Labute approximate surface area is 109 Å². The highest BCUT2D eigenvalue weighted by atomic mass is 127. The first kappa shape index (κ1) is 16.4. The third-order valence-electron chi connectivity index (χ3n) is 1.48. The highest BCUT2D eigenvalue weighted by Crippen LogP contribution is 1.99. The lowest BCUT2D eigenvalue weighted by Crippen LogP contribution is -3.00. The Morgan fingerprint density at radius 2 is 1.71 bits per heavy atom. The second-order valence-electron chi connectivity index (χ2n) is 2.48. The van der Waals surface area contributed by atoms with E-state index in [1.54, 1.807) is 0 Å². The normalized spacial score (nSPS) is 7.93. The molecule has 0 atom stereocenters. The number of nitrogens with two attached hydrogens (primary N) is 1. The van der Waals surface area contributed by atoms with E-state index in [1.807, 2.05) is 32.0 Å². The molecule has 80 valence electrons. The first-order valence-corrected chi connectivity index (χ1v) is 5.21. The first-order valence-electron chi connectivity index (χ1n) is 4.58. The van der Waals surface area contributed by atoms with Crippen molar-refractivity contribution in [1.29, 1.82) is 0 Å². The van der Waals surface area contributed by atoms with Crippen LogP contribution in [0.1, 0.15) is 19.4 Å². The molecule has 0 amide bonds. The van der Waals surface area contributed by atoms with Crippen molar-refractivity contribution in [3.63, 3.8) is 0 Å².